The van der Waals surface area contributed by atoms with Crippen LogP contribution in [0, 0.1) is 0 Å². The third-order valence-electron chi connectivity index (χ3n) is 6.17. The van der Waals surface area contributed by atoms with Crippen LogP contribution in [0.15, 0.2) is 48.5 Å². The summed E-state index contributed by atoms with van der Waals surface area (Å²) in [5.41, 5.74) is 1.56. The average molecular weight is 413 g/mol. The summed E-state index contributed by atoms with van der Waals surface area (Å²) in [6.07, 6.45) is 3.62. The maximum atomic E-state index is 13.6. The number of benzene rings is 2. The number of ether oxygens (including phenoxy) is 1. The zero-order valence-corrected chi connectivity index (χ0v) is 17.2. The third kappa shape index (κ3) is 3.53. The summed E-state index contributed by atoms with van der Waals surface area (Å²) in [6, 6.07) is 14.6. The largest absolute Gasteiger partial charge is 0.383 e. The number of methoxy groups -OCH3 is 1. The van der Waals surface area contributed by atoms with Crippen molar-refractivity contribution < 1.29 is 14.3 Å². The molecule has 1 fully saturated rings. The van der Waals surface area contributed by atoms with Gasteiger partial charge in [-0.1, -0.05) is 48.7 Å². The predicted molar refractivity (Wildman–Crippen MR) is 113 cm³/mol. The first-order chi connectivity index (χ1) is 14.1. The van der Waals surface area contributed by atoms with Crippen molar-refractivity contribution in [3.05, 3.63) is 64.7 Å². The minimum Gasteiger partial charge on any atom is -0.383 e. The summed E-state index contributed by atoms with van der Waals surface area (Å²) in [6.45, 7) is 0.920. The molecule has 6 heteroatoms. The molecule has 0 bridgehead atoms. The highest BCUT2D eigenvalue weighted by Gasteiger charge is 2.55. The number of rotatable bonds is 5. The van der Waals surface area contributed by atoms with Crippen molar-refractivity contribution in [2.24, 2.45) is 0 Å². The molecule has 0 aromatic heterocycles. The monoisotopic (exact) mass is 412 g/mol. The van der Waals surface area contributed by atoms with Gasteiger partial charge >= 0.3 is 0 Å². The molecule has 5 nitrogen and oxygen atoms in total. The SMILES string of the molecule is COCCN1C(=O)c2ccccc2[C@H](C(=O)Nc2cccc(Cl)c2)C12CCCC2. The number of hydrogen-bond acceptors (Lipinski definition) is 3. The van der Waals surface area contributed by atoms with E-state index in [1.807, 2.05) is 41.3 Å². The summed E-state index contributed by atoms with van der Waals surface area (Å²) in [5, 5.41) is 3.61. The van der Waals surface area contributed by atoms with Gasteiger partial charge in [-0.25, -0.2) is 0 Å². The van der Waals surface area contributed by atoms with E-state index in [0.717, 1.165) is 31.2 Å². The van der Waals surface area contributed by atoms with Crippen molar-refractivity contribution in [3.8, 4) is 0 Å². The van der Waals surface area contributed by atoms with Crippen molar-refractivity contribution in [1.29, 1.82) is 0 Å². The molecule has 1 atom stereocenters. The highest BCUT2D eigenvalue weighted by molar-refractivity contribution is 6.30. The topological polar surface area (TPSA) is 58.6 Å². The fourth-order valence-electron chi connectivity index (χ4n) is 4.95. The molecule has 2 aromatic rings. The van der Waals surface area contributed by atoms with E-state index >= 15 is 0 Å². The average Bonchev–Trinajstić information content (AvgIpc) is 3.18. The molecule has 1 saturated carbocycles. The number of amides is 2. The highest BCUT2D eigenvalue weighted by atomic mass is 35.5. The Morgan fingerprint density at radius 2 is 1.97 bits per heavy atom. The second-order valence-corrected chi connectivity index (χ2v) is 8.22. The Bertz CT molecular complexity index is 924. The minimum atomic E-state index is -0.521. The Labute approximate surface area is 176 Å². The second-order valence-electron chi connectivity index (χ2n) is 7.78. The normalized spacial score (nSPS) is 20.0. The maximum absolute atomic E-state index is 13.6. The van der Waals surface area contributed by atoms with Gasteiger partial charge in [0.2, 0.25) is 5.91 Å². The van der Waals surface area contributed by atoms with E-state index in [9.17, 15) is 9.59 Å². The van der Waals surface area contributed by atoms with Gasteiger partial charge in [-0.2, -0.15) is 0 Å². The summed E-state index contributed by atoms with van der Waals surface area (Å²) in [5.74, 6) is -0.544. The van der Waals surface area contributed by atoms with Crippen molar-refractivity contribution >= 4 is 29.1 Å². The third-order valence-corrected chi connectivity index (χ3v) is 6.40. The van der Waals surface area contributed by atoms with Gasteiger partial charge in [0.25, 0.3) is 5.91 Å². The smallest absolute Gasteiger partial charge is 0.254 e. The quantitative estimate of drug-likeness (QED) is 0.787. The van der Waals surface area contributed by atoms with E-state index in [0.29, 0.717) is 29.4 Å². The van der Waals surface area contributed by atoms with Crippen molar-refractivity contribution in [2.45, 2.75) is 37.1 Å². The molecule has 2 aromatic carbocycles. The molecule has 1 aliphatic heterocycles. The van der Waals surface area contributed by atoms with Gasteiger partial charge in [-0.15, -0.1) is 0 Å². The Morgan fingerprint density at radius 1 is 1.21 bits per heavy atom. The fourth-order valence-corrected chi connectivity index (χ4v) is 5.15. The van der Waals surface area contributed by atoms with Crippen LogP contribution >= 0.6 is 11.6 Å². The molecule has 2 amide bonds. The molecule has 1 N–H and O–H groups in total. The standard InChI is InChI=1S/C23H25ClN2O3/c1-29-14-13-26-22(28)19-10-3-2-9-18(19)20(23(26)11-4-5-12-23)21(27)25-17-8-6-7-16(24)15-17/h2-3,6-10,15,20H,4-5,11-14H2,1H3,(H,25,27)/t20-/m1/s1. The lowest BCUT2D eigenvalue weighted by Gasteiger charge is -2.50. The van der Waals surface area contributed by atoms with Gasteiger partial charge in [0, 0.05) is 29.9 Å². The first-order valence-corrected chi connectivity index (χ1v) is 10.4. The lowest BCUT2D eigenvalue weighted by Crippen LogP contribution is -2.60. The van der Waals surface area contributed by atoms with Crippen LogP contribution in [0.5, 0.6) is 0 Å². The molecule has 1 aliphatic carbocycles. The van der Waals surface area contributed by atoms with Crippen LogP contribution < -0.4 is 5.32 Å². The molecule has 1 spiro atoms. The van der Waals surface area contributed by atoms with Crippen LogP contribution in [0.3, 0.4) is 0 Å². The van der Waals surface area contributed by atoms with Gasteiger partial charge in [0.15, 0.2) is 0 Å². The summed E-state index contributed by atoms with van der Waals surface area (Å²) in [4.78, 5) is 28.9. The van der Waals surface area contributed by atoms with Gasteiger partial charge in [0.05, 0.1) is 18.1 Å². The van der Waals surface area contributed by atoms with E-state index in [1.165, 1.54) is 0 Å². The van der Waals surface area contributed by atoms with Gasteiger partial charge in [-0.3, -0.25) is 9.59 Å². The number of hydrogen-bond donors (Lipinski definition) is 1. The lowest BCUT2D eigenvalue weighted by molar-refractivity contribution is -0.121. The first kappa shape index (κ1) is 19.9. The van der Waals surface area contributed by atoms with Crippen molar-refractivity contribution in [2.75, 3.05) is 25.6 Å². The summed E-state index contributed by atoms with van der Waals surface area (Å²) in [7, 11) is 1.63. The molecular formula is C23H25ClN2O3. The molecule has 2 aliphatic rings. The Kier molecular flexibility index (Phi) is 5.61. The van der Waals surface area contributed by atoms with Crippen LogP contribution in [-0.2, 0) is 9.53 Å². The van der Waals surface area contributed by atoms with Gasteiger partial charge in [-0.05, 0) is 42.7 Å². The molecule has 152 valence electrons. The molecule has 1 heterocycles. The minimum absolute atomic E-state index is 0.00800. The second kappa shape index (κ2) is 8.17. The van der Waals surface area contributed by atoms with E-state index in [4.69, 9.17) is 16.3 Å². The van der Waals surface area contributed by atoms with Crippen LogP contribution in [0.2, 0.25) is 5.02 Å². The lowest BCUT2D eigenvalue weighted by atomic mass is 9.71. The number of carbonyl (C=O) groups is 2. The van der Waals surface area contributed by atoms with Gasteiger partial charge in [0.1, 0.15) is 0 Å². The Balaban J connectivity index is 1.78. The first-order valence-electron chi connectivity index (χ1n) is 10.0. The van der Waals surface area contributed by atoms with Crippen molar-refractivity contribution in [1.82, 2.24) is 4.90 Å². The number of halogens is 1. The number of anilines is 1. The molecule has 0 unspecified atom stereocenters. The van der Waals surface area contributed by atoms with E-state index in [-0.39, 0.29) is 11.8 Å². The van der Waals surface area contributed by atoms with Crippen LogP contribution in [-0.4, -0.2) is 42.5 Å². The molecule has 29 heavy (non-hydrogen) atoms. The number of carbonyl (C=O) groups excluding carboxylic acids is 2. The number of nitrogens with zero attached hydrogens (tertiary/aromatic N) is 1. The van der Waals surface area contributed by atoms with Crippen LogP contribution in [0.25, 0.3) is 0 Å². The fraction of sp³-hybridized carbons (Fsp3) is 0.391. The van der Waals surface area contributed by atoms with Crippen LogP contribution in [0.4, 0.5) is 5.69 Å². The Hall–Kier alpha value is -2.37. The highest BCUT2D eigenvalue weighted by Crippen LogP contribution is 2.50. The van der Waals surface area contributed by atoms with E-state index < -0.39 is 11.5 Å². The maximum Gasteiger partial charge on any atom is 0.254 e. The van der Waals surface area contributed by atoms with Crippen LogP contribution in [0.1, 0.15) is 47.5 Å². The molecule has 0 radical (unpaired) electrons. The number of fused-ring (bicyclic) bond motifs is 1. The van der Waals surface area contributed by atoms with E-state index in [1.54, 1.807) is 19.2 Å². The zero-order chi connectivity index (χ0) is 20.4. The number of nitrogens with one attached hydrogen (secondary N) is 1. The molecular weight excluding hydrogens is 388 g/mol. The zero-order valence-electron chi connectivity index (χ0n) is 16.5. The van der Waals surface area contributed by atoms with E-state index in [2.05, 4.69) is 5.32 Å². The Morgan fingerprint density at radius 3 is 2.69 bits per heavy atom. The van der Waals surface area contributed by atoms with Gasteiger partial charge < -0.3 is 15.0 Å². The molecule has 4 rings (SSSR count). The summed E-state index contributed by atoms with van der Waals surface area (Å²) >= 11 is 6.10. The van der Waals surface area contributed by atoms with Crippen molar-refractivity contribution in [3.63, 3.8) is 0 Å². The molecule has 0 saturated heterocycles. The predicted octanol–water partition coefficient (Wildman–Crippen LogP) is 4.48. The summed E-state index contributed by atoms with van der Waals surface area (Å²) < 4.78 is 5.28.